The molecule has 0 unspecified atom stereocenters. The molecule has 0 aliphatic heterocycles. The van der Waals surface area contributed by atoms with Gasteiger partial charge in [-0.2, -0.15) is 0 Å². The van der Waals surface area contributed by atoms with Crippen molar-refractivity contribution >= 4 is 17.3 Å². The van der Waals surface area contributed by atoms with Crippen LogP contribution in [0.4, 0.5) is 15.8 Å². The summed E-state index contributed by atoms with van der Waals surface area (Å²) in [7, 11) is 1.60. The molecular formula is C13H17FN2O3. The van der Waals surface area contributed by atoms with E-state index in [9.17, 15) is 9.18 Å². The molecule has 0 spiro atoms. The molecule has 6 heteroatoms. The second-order valence-electron chi connectivity index (χ2n) is 4.61. The van der Waals surface area contributed by atoms with Gasteiger partial charge < -0.3 is 20.5 Å². The smallest absolute Gasteiger partial charge is 0.338 e. The standard InChI is InChI=1S/C13H17FN2O3/c1-19-5-4-16(8-2-3-8)12-7-10(14)9(13(17)18)6-11(12)15/h6-8H,2-5,15H2,1H3,(H,17,18). The van der Waals surface area contributed by atoms with Gasteiger partial charge >= 0.3 is 5.97 Å². The lowest BCUT2D eigenvalue weighted by molar-refractivity contribution is 0.0692. The quantitative estimate of drug-likeness (QED) is 0.768. The SMILES string of the molecule is COCCN(c1cc(F)c(C(=O)O)cc1N)C1CC1. The van der Waals surface area contributed by atoms with E-state index < -0.39 is 17.3 Å². The highest BCUT2D eigenvalue weighted by atomic mass is 19.1. The van der Waals surface area contributed by atoms with Crippen LogP contribution in [0.3, 0.4) is 0 Å². The van der Waals surface area contributed by atoms with Crippen LogP contribution in [0.5, 0.6) is 0 Å². The molecule has 0 heterocycles. The molecule has 1 fully saturated rings. The molecule has 3 N–H and O–H groups in total. The number of benzene rings is 1. The zero-order valence-electron chi connectivity index (χ0n) is 10.7. The third-order valence-electron chi connectivity index (χ3n) is 3.18. The fourth-order valence-corrected chi connectivity index (χ4v) is 2.07. The number of carboxylic acid groups (broad SMARTS) is 1. The lowest BCUT2D eigenvalue weighted by Crippen LogP contribution is -2.30. The zero-order chi connectivity index (χ0) is 14.0. The molecule has 104 valence electrons. The summed E-state index contributed by atoms with van der Waals surface area (Å²) < 4.78 is 18.8. The minimum atomic E-state index is -1.31. The Morgan fingerprint density at radius 1 is 1.58 bits per heavy atom. The van der Waals surface area contributed by atoms with Gasteiger partial charge in [0.2, 0.25) is 0 Å². The van der Waals surface area contributed by atoms with Gasteiger partial charge in [0.1, 0.15) is 5.82 Å². The first-order valence-corrected chi connectivity index (χ1v) is 6.12. The summed E-state index contributed by atoms with van der Waals surface area (Å²) in [6.07, 6.45) is 2.07. The van der Waals surface area contributed by atoms with E-state index in [1.165, 1.54) is 12.1 Å². The normalized spacial score (nSPS) is 14.4. The predicted octanol–water partition coefficient (Wildman–Crippen LogP) is 1.72. The van der Waals surface area contributed by atoms with Crippen LogP contribution in [0, 0.1) is 5.82 Å². The van der Waals surface area contributed by atoms with E-state index >= 15 is 0 Å². The van der Waals surface area contributed by atoms with Gasteiger partial charge in [-0.3, -0.25) is 0 Å². The number of nitrogen functional groups attached to an aromatic ring is 1. The molecule has 0 atom stereocenters. The Labute approximate surface area is 110 Å². The average molecular weight is 268 g/mol. The highest BCUT2D eigenvalue weighted by molar-refractivity contribution is 5.91. The molecular weight excluding hydrogens is 251 g/mol. The van der Waals surface area contributed by atoms with Crippen molar-refractivity contribution in [3.05, 3.63) is 23.5 Å². The maximum atomic E-state index is 13.8. The molecule has 1 aromatic carbocycles. The number of halogens is 1. The Bertz CT molecular complexity index is 489. The minimum Gasteiger partial charge on any atom is -0.478 e. The highest BCUT2D eigenvalue weighted by Crippen LogP contribution is 2.35. The highest BCUT2D eigenvalue weighted by Gasteiger charge is 2.30. The van der Waals surface area contributed by atoms with E-state index in [1.54, 1.807) is 7.11 Å². The van der Waals surface area contributed by atoms with E-state index in [0.29, 0.717) is 24.9 Å². The number of carboxylic acids is 1. The number of hydrogen-bond donors (Lipinski definition) is 2. The Morgan fingerprint density at radius 3 is 2.79 bits per heavy atom. The third-order valence-corrected chi connectivity index (χ3v) is 3.18. The van der Waals surface area contributed by atoms with Crippen molar-refractivity contribution in [2.75, 3.05) is 30.9 Å². The second kappa shape index (κ2) is 5.44. The summed E-state index contributed by atoms with van der Waals surface area (Å²) in [5, 5.41) is 8.85. The molecule has 0 amide bonds. The summed E-state index contributed by atoms with van der Waals surface area (Å²) in [6, 6.07) is 2.72. The van der Waals surface area contributed by atoms with Crippen molar-refractivity contribution in [2.45, 2.75) is 18.9 Å². The Hall–Kier alpha value is -1.82. The van der Waals surface area contributed by atoms with Gasteiger partial charge in [-0.05, 0) is 18.9 Å². The van der Waals surface area contributed by atoms with E-state index in [-0.39, 0.29) is 5.69 Å². The van der Waals surface area contributed by atoms with Crippen LogP contribution in [0.2, 0.25) is 0 Å². The van der Waals surface area contributed by atoms with Gasteiger partial charge in [-0.25, -0.2) is 9.18 Å². The molecule has 19 heavy (non-hydrogen) atoms. The summed E-state index contributed by atoms with van der Waals surface area (Å²) in [4.78, 5) is 12.8. The number of methoxy groups -OCH3 is 1. The molecule has 0 bridgehead atoms. The molecule has 1 aliphatic rings. The maximum Gasteiger partial charge on any atom is 0.338 e. The van der Waals surface area contributed by atoms with Crippen LogP contribution < -0.4 is 10.6 Å². The zero-order valence-corrected chi connectivity index (χ0v) is 10.7. The Morgan fingerprint density at radius 2 is 2.26 bits per heavy atom. The molecule has 2 rings (SSSR count). The maximum absolute atomic E-state index is 13.8. The van der Waals surface area contributed by atoms with Crippen molar-refractivity contribution in [3.8, 4) is 0 Å². The van der Waals surface area contributed by atoms with Gasteiger partial charge in [-0.1, -0.05) is 0 Å². The number of hydrogen-bond acceptors (Lipinski definition) is 4. The molecule has 0 aromatic heterocycles. The number of carbonyl (C=O) groups is 1. The monoisotopic (exact) mass is 268 g/mol. The topological polar surface area (TPSA) is 75.8 Å². The van der Waals surface area contributed by atoms with E-state index in [4.69, 9.17) is 15.6 Å². The molecule has 5 nitrogen and oxygen atoms in total. The lowest BCUT2D eigenvalue weighted by Gasteiger charge is -2.26. The van der Waals surface area contributed by atoms with Gasteiger partial charge in [-0.15, -0.1) is 0 Å². The van der Waals surface area contributed by atoms with Crippen LogP contribution in [-0.4, -0.2) is 37.4 Å². The lowest BCUT2D eigenvalue weighted by atomic mass is 10.1. The van der Waals surface area contributed by atoms with Gasteiger partial charge in [0, 0.05) is 25.8 Å². The van der Waals surface area contributed by atoms with Gasteiger partial charge in [0.25, 0.3) is 0 Å². The summed E-state index contributed by atoms with van der Waals surface area (Å²) in [5.74, 6) is -2.08. The molecule has 1 aromatic rings. The number of ether oxygens (including phenoxy) is 1. The van der Waals surface area contributed by atoms with Crippen LogP contribution >= 0.6 is 0 Å². The third kappa shape index (κ3) is 2.96. The van der Waals surface area contributed by atoms with Crippen molar-refractivity contribution in [1.82, 2.24) is 0 Å². The second-order valence-corrected chi connectivity index (χ2v) is 4.61. The number of rotatable bonds is 6. The Kier molecular flexibility index (Phi) is 3.90. The fourth-order valence-electron chi connectivity index (χ4n) is 2.07. The molecule has 1 aliphatic carbocycles. The van der Waals surface area contributed by atoms with Gasteiger partial charge in [0.15, 0.2) is 0 Å². The van der Waals surface area contributed by atoms with E-state index in [2.05, 4.69) is 0 Å². The van der Waals surface area contributed by atoms with Crippen LogP contribution in [0.25, 0.3) is 0 Å². The molecule has 1 saturated carbocycles. The van der Waals surface area contributed by atoms with E-state index in [0.717, 1.165) is 12.8 Å². The Balaban J connectivity index is 2.31. The molecule has 0 saturated heterocycles. The van der Waals surface area contributed by atoms with Crippen LogP contribution in [0.15, 0.2) is 12.1 Å². The minimum absolute atomic E-state index is 0.279. The van der Waals surface area contributed by atoms with Crippen molar-refractivity contribution in [3.63, 3.8) is 0 Å². The first kappa shape index (κ1) is 13.6. The van der Waals surface area contributed by atoms with E-state index in [1.807, 2.05) is 4.90 Å². The number of nitrogens with zero attached hydrogens (tertiary/aromatic N) is 1. The summed E-state index contributed by atoms with van der Waals surface area (Å²) in [6.45, 7) is 1.12. The largest absolute Gasteiger partial charge is 0.478 e. The number of anilines is 2. The molecule has 0 radical (unpaired) electrons. The number of nitrogens with two attached hydrogens (primary N) is 1. The van der Waals surface area contributed by atoms with Gasteiger partial charge in [0.05, 0.1) is 23.5 Å². The summed E-state index contributed by atoms with van der Waals surface area (Å²) in [5.41, 5.74) is 6.28. The number of aromatic carboxylic acids is 1. The van der Waals surface area contributed by atoms with Crippen LogP contribution in [-0.2, 0) is 4.74 Å². The first-order valence-electron chi connectivity index (χ1n) is 6.12. The average Bonchev–Trinajstić information content (AvgIpc) is 3.17. The van der Waals surface area contributed by atoms with Crippen molar-refractivity contribution < 1.29 is 19.0 Å². The van der Waals surface area contributed by atoms with Crippen LogP contribution in [0.1, 0.15) is 23.2 Å². The predicted molar refractivity (Wildman–Crippen MR) is 70.0 cm³/mol. The van der Waals surface area contributed by atoms with Crippen molar-refractivity contribution in [2.24, 2.45) is 0 Å². The summed E-state index contributed by atoms with van der Waals surface area (Å²) >= 11 is 0. The first-order chi connectivity index (χ1) is 9.04. The van der Waals surface area contributed by atoms with Crippen molar-refractivity contribution in [1.29, 1.82) is 0 Å². The fraction of sp³-hybridized carbons (Fsp3) is 0.462.